The Hall–Kier alpha value is -3.73. The molecule has 0 atom stereocenters. The van der Waals surface area contributed by atoms with Gasteiger partial charge in [0.25, 0.3) is 11.3 Å². The van der Waals surface area contributed by atoms with Crippen LogP contribution in [0.15, 0.2) is 51.1 Å². The zero-order valence-electron chi connectivity index (χ0n) is 20.7. The van der Waals surface area contributed by atoms with E-state index in [0.29, 0.717) is 52.7 Å². The minimum atomic E-state index is -0.468. The molecule has 0 unspecified atom stereocenters. The highest BCUT2D eigenvalue weighted by Gasteiger charge is 2.20. The molecule has 4 aromatic heterocycles. The van der Waals surface area contributed by atoms with E-state index in [1.807, 2.05) is 59.2 Å². The lowest BCUT2D eigenvalue weighted by Gasteiger charge is -2.11. The molecule has 5 aromatic rings. The van der Waals surface area contributed by atoms with Crippen LogP contribution in [-0.2, 0) is 18.8 Å². The van der Waals surface area contributed by atoms with Gasteiger partial charge in [-0.2, -0.15) is 0 Å². The molecular weight excluding hydrogens is 476 g/mol. The van der Waals surface area contributed by atoms with Gasteiger partial charge in [0.05, 0.1) is 12.3 Å². The first-order valence-corrected chi connectivity index (χ1v) is 12.9. The smallest absolute Gasteiger partial charge is 0.321 e. The van der Waals surface area contributed by atoms with Gasteiger partial charge in [-0.25, -0.2) is 14.8 Å². The normalized spacial score (nSPS) is 11.8. The summed E-state index contributed by atoms with van der Waals surface area (Å²) in [6.07, 6.45) is 0.872. The highest BCUT2D eigenvalue weighted by Crippen LogP contribution is 2.25. The number of hydrogen-bond acceptors (Lipinski definition) is 7. The number of nitrogens with zero attached hydrogens (tertiary/aromatic N) is 7. The van der Waals surface area contributed by atoms with Gasteiger partial charge in [-0.05, 0) is 37.8 Å². The van der Waals surface area contributed by atoms with Gasteiger partial charge in [0.15, 0.2) is 16.3 Å². The van der Waals surface area contributed by atoms with Crippen LogP contribution in [-0.4, -0.2) is 38.7 Å². The zero-order valence-corrected chi connectivity index (χ0v) is 21.5. The maximum Gasteiger partial charge on any atom is 0.330 e. The van der Waals surface area contributed by atoms with Gasteiger partial charge in [-0.3, -0.25) is 18.7 Å². The van der Waals surface area contributed by atoms with Gasteiger partial charge in [-0.15, -0.1) is 10.2 Å². The Morgan fingerprint density at radius 3 is 2.56 bits per heavy atom. The SMILES string of the molecule is Cc1cc(C)n2c(SCc3nc4c(c(=O)[nH]c(=O)n4Cc4ccccc4)n3CCC(C)C)nnc2n1. The van der Waals surface area contributed by atoms with E-state index in [2.05, 4.69) is 34.0 Å². The van der Waals surface area contributed by atoms with E-state index in [0.717, 1.165) is 23.4 Å². The minimum absolute atomic E-state index is 0.319. The Labute approximate surface area is 211 Å². The summed E-state index contributed by atoms with van der Waals surface area (Å²) >= 11 is 1.48. The molecule has 0 radical (unpaired) electrons. The Bertz CT molecular complexity index is 1660. The third-order valence-electron chi connectivity index (χ3n) is 6.07. The van der Waals surface area contributed by atoms with Crippen LogP contribution in [0.2, 0.25) is 0 Å². The van der Waals surface area contributed by atoms with Crippen LogP contribution in [0.5, 0.6) is 0 Å². The van der Waals surface area contributed by atoms with Crippen LogP contribution in [0.25, 0.3) is 16.9 Å². The maximum atomic E-state index is 13.0. The lowest BCUT2D eigenvalue weighted by atomic mass is 10.1. The fourth-order valence-electron chi connectivity index (χ4n) is 4.29. The van der Waals surface area contributed by atoms with Crippen LogP contribution in [0, 0.1) is 19.8 Å². The number of aryl methyl sites for hydroxylation is 3. The molecule has 186 valence electrons. The Morgan fingerprint density at radius 2 is 1.81 bits per heavy atom. The van der Waals surface area contributed by atoms with E-state index >= 15 is 0 Å². The van der Waals surface area contributed by atoms with E-state index in [1.54, 1.807) is 0 Å². The van der Waals surface area contributed by atoms with Crippen molar-refractivity contribution in [2.45, 2.75) is 58.1 Å². The fraction of sp³-hybridized carbons (Fsp3) is 0.360. The summed E-state index contributed by atoms with van der Waals surface area (Å²) in [5.41, 5.74) is 2.75. The van der Waals surface area contributed by atoms with Crippen molar-refractivity contribution in [1.82, 2.24) is 38.7 Å². The number of rotatable bonds is 8. The van der Waals surface area contributed by atoms with Crippen molar-refractivity contribution >= 4 is 28.7 Å². The number of benzene rings is 1. The van der Waals surface area contributed by atoms with Crippen LogP contribution < -0.4 is 11.2 Å². The molecule has 0 aliphatic rings. The summed E-state index contributed by atoms with van der Waals surface area (Å²) in [7, 11) is 0. The Balaban J connectivity index is 1.59. The zero-order chi connectivity index (χ0) is 25.4. The second-order valence-corrected chi connectivity index (χ2v) is 10.3. The molecule has 1 aromatic carbocycles. The number of aromatic nitrogens is 8. The topological polar surface area (TPSA) is 116 Å². The molecule has 0 bridgehead atoms. The quantitative estimate of drug-likeness (QED) is 0.322. The molecular formula is C25H28N8O2S. The van der Waals surface area contributed by atoms with Crippen molar-refractivity contribution in [2.75, 3.05) is 0 Å². The number of imidazole rings is 1. The van der Waals surface area contributed by atoms with Gasteiger partial charge < -0.3 is 4.57 Å². The van der Waals surface area contributed by atoms with E-state index in [1.165, 1.54) is 16.3 Å². The predicted octanol–water partition coefficient (Wildman–Crippen LogP) is 3.33. The summed E-state index contributed by atoms with van der Waals surface area (Å²) in [5, 5.41) is 9.25. The molecule has 11 heteroatoms. The van der Waals surface area contributed by atoms with Crippen LogP contribution in [0.4, 0.5) is 0 Å². The van der Waals surface area contributed by atoms with Crippen LogP contribution in [0.1, 0.15) is 43.0 Å². The minimum Gasteiger partial charge on any atom is -0.321 e. The molecule has 0 spiro atoms. The largest absolute Gasteiger partial charge is 0.330 e. The van der Waals surface area contributed by atoms with E-state index in [9.17, 15) is 9.59 Å². The van der Waals surface area contributed by atoms with Gasteiger partial charge in [0.2, 0.25) is 0 Å². The number of nitrogens with one attached hydrogen (secondary N) is 1. The highest BCUT2D eigenvalue weighted by atomic mass is 32.2. The number of H-pyrrole nitrogens is 1. The van der Waals surface area contributed by atoms with E-state index in [-0.39, 0.29) is 0 Å². The van der Waals surface area contributed by atoms with Crippen molar-refractivity contribution in [3.8, 4) is 0 Å². The lowest BCUT2D eigenvalue weighted by Crippen LogP contribution is -2.31. The lowest BCUT2D eigenvalue weighted by molar-refractivity contribution is 0.515. The number of hydrogen-bond donors (Lipinski definition) is 1. The molecule has 0 fully saturated rings. The first-order chi connectivity index (χ1) is 17.3. The van der Waals surface area contributed by atoms with Crippen LogP contribution in [0.3, 0.4) is 0 Å². The monoisotopic (exact) mass is 504 g/mol. The number of aromatic amines is 1. The third-order valence-corrected chi connectivity index (χ3v) is 7.00. The van der Waals surface area contributed by atoms with Crippen molar-refractivity contribution in [1.29, 1.82) is 0 Å². The Morgan fingerprint density at radius 1 is 1.03 bits per heavy atom. The van der Waals surface area contributed by atoms with Crippen molar-refractivity contribution in [3.63, 3.8) is 0 Å². The first-order valence-electron chi connectivity index (χ1n) is 11.9. The molecule has 1 N–H and O–H groups in total. The van der Waals surface area contributed by atoms with E-state index < -0.39 is 11.2 Å². The number of fused-ring (bicyclic) bond motifs is 2. The maximum absolute atomic E-state index is 13.0. The summed E-state index contributed by atoms with van der Waals surface area (Å²) < 4.78 is 5.40. The molecule has 0 saturated heterocycles. The van der Waals surface area contributed by atoms with Gasteiger partial charge in [-0.1, -0.05) is 55.9 Å². The molecule has 0 saturated carbocycles. The molecule has 10 nitrogen and oxygen atoms in total. The van der Waals surface area contributed by atoms with E-state index in [4.69, 9.17) is 4.98 Å². The summed E-state index contributed by atoms with van der Waals surface area (Å²) in [6.45, 7) is 9.15. The van der Waals surface area contributed by atoms with Gasteiger partial charge in [0, 0.05) is 17.9 Å². The molecule has 0 aliphatic heterocycles. The van der Waals surface area contributed by atoms with Crippen molar-refractivity contribution in [2.24, 2.45) is 5.92 Å². The number of thioether (sulfide) groups is 1. The third kappa shape index (κ3) is 4.58. The average Bonchev–Trinajstić information content (AvgIpc) is 3.41. The molecule has 0 amide bonds. The van der Waals surface area contributed by atoms with Crippen molar-refractivity contribution < 1.29 is 0 Å². The standard InChI is InChI=1S/C25H28N8O2S/c1-15(2)10-11-31-19(14-36-25-30-29-23-26-16(3)12-17(4)33(23)25)27-21-20(31)22(34)28-24(35)32(21)13-18-8-6-5-7-9-18/h5-9,12,15H,10-11,13-14H2,1-4H3,(H,28,34,35). The average molecular weight is 505 g/mol. The fourth-order valence-corrected chi connectivity index (χ4v) is 5.22. The second-order valence-electron chi connectivity index (χ2n) is 9.31. The molecule has 5 rings (SSSR count). The van der Waals surface area contributed by atoms with Gasteiger partial charge in [0.1, 0.15) is 5.82 Å². The summed E-state index contributed by atoms with van der Waals surface area (Å²) in [4.78, 5) is 37.6. The highest BCUT2D eigenvalue weighted by molar-refractivity contribution is 7.98. The van der Waals surface area contributed by atoms with Gasteiger partial charge >= 0.3 is 5.69 Å². The summed E-state index contributed by atoms with van der Waals surface area (Å²) in [5.74, 6) is 2.16. The Kier molecular flexibility index (Phi) is 6.48. The first kappa shape index (κ1) is 24.0. The summed E-state index contributed by atoms with van der Waals surface area (Å²) in [6, 6.07) is 11.7. The second kappa shape index (κ2) is 9.73. The van der Waals surface area contributed by atoms with Crippen LogP contribution >= 0.6 is 11.8 Å². The predicted molar refractivity (Wildman–Crippen MR) is 139 cm³/mol. The molecule has 36 heavy (non-hydrogen) atoms. The molecule has 0 aliphatic carbocycles. The van der Waals surface area contributed by atoms with Crippen molar-refractivity contribution in [3.05, 3.63) is 80.0 Å². The molecule has 4 heterocycles.